The van der Waals surface area contributed by atoms with Crippen molar-refractivity contribution in [1.82, 2.24) is 19.4 Å². The van der Waals surface area contributed by atoms with Crippen molar-refractivity contribution in [2.75, 3.05) is 13.1 Å². The van der Waals surface area contributed by atoms with E-state index in [-0.39, 0.29) is 0 Å². The normalized spacial score (nSPS) is 18.6. The zero-order valence-electron chi connectivity index (χ0n) is 14.7. The number of aromatic nitrogens is 3. The Hall–Kier alpha value is -2.10. The maximum absolute atomic E-state index is 12.7. The summed E-state index contributed by atoms with van der Waals surface area (Å²) >= 11 is 1.27. The summed E-state index contributed by atoms with van der Waals surface area (Å²) in [5.41, 5.74) is 0.842. The maximum Gasteiger partial charge on any atom is 0.258 e. The van der Waals surface area contributed by atoms with Crippen molar-refractivity contribution in [3.63, 3.8) is 0 Å². The molecule has 0 bridgehead atoms. The Labute approximate surface area is 162 Å². The van der Waals surface area contributed by atoms with Crippen LogP contribution < -0.4 is 0 Å². The predicted octanol–water partition coefficient (Wildman–Crippen LogP) is 3.23. The zero-order valence-corrected chi connectivity index (χ0v) is 16.3. The molecule has 27 heavy (non-hydrogen) atoms. The van der Waals surface area contributed by atoms with Gasteiger partial charge in [0.25, 0.3) is 15.9 Å². The smallest absolute Gasteiger partial charge is 0.258 e. The van der Waals surface area contributed by atoms with Crippen molar-refractivity contribution in [3.8, 4) is 11.5 Å². The molecule has 0 saturated carbocycles. The SMILES string of the molecule is O=S(=O)(c1cccs1)N1CCCC(CCc2noc(-c3ccncc3)n2)C1. The molecule has 1 atom stereocenters. The number of thiophene rings is 1. The molecule has 0 aromatic carbocycles. The standard InChI is InChI=1S/C18H20N4O3S2/c23-27(24,17-4-2-12-26-17)22-11-1-3-14(13-22)5-6-16-20-18(25-21-16)15-7-9-19-10-8-15/h2,4,7-10,12,14H,1,3,5-6,11,13H2. The fourth-order valence-corrected chi connectivity index (χ4v) is 6.02. The average molecular weight is 405 g/mol. The van der Waals surface area contributed by atoms with Crippen LogP contribution in [-0.4, -0.2) is 40.9 Å². The molecule has 3 aromatic heterocycles. The van der Waals surface area contributed by atoms with Crippen molar-refractivity contribution in [3.05, 3.63) is 47.9 Å². The van der Waals surface area contributed by atoms with Crippen LogP contribution in [0.1, 0.15) is 25.1 Å². The second kappa shape index (κ2) is 7.87. The molecule has 4 rings (SSSR count). The predicted molar refractivity (Wildman–Crippen MR) is 102 cm³/mol. The highest BCUT2D eigenvalue weighted by atomic mass is 32.2. The molecule has 1 aliphatic heterocycles. The van der Waals surface area contributed by atoms with Crippen LogP contribution in [0.5, 0.6) is 0 Å². The third-order valence-corrected chi connectivity index (χ3v) is 7.98. The lowest BCUT2D eigenvalue weighted by Crippen LogP contribution is -2.39. The van der Waals surface area contributed by atoms with Crippen LogP contribution in [0.15, 0.2) is 50.8 Å². The van der Waals surface area contributed by atoms with Crippen molar-refractivity contribution in [2.45, 2.75) is 29.9 Å². The average Bonchev–Trinajstić information content (AvgIpc) is 3.40. The van der Waals surface area contributed by atoms with E-state index in [0.717, 1.165) is 24.8 Å². The molecule has 7 nitrogen and oxygen atoms in total. The molecule has 0 aliphatic carbocycles. The molecule has 1 unspecified atom stereocenters. The number of rotatable bonds is 6. The van der Waals surface area contributed by atoms with Crippen LogP contribution in [0.3, 0.4) is 0 Å². The molecule has 0 spiro atoms. The summed E-state index contributed by atoms with van der Waals surface area (Å²) in [6.07, 6.45) is 6.78. The van der Waals surface area contributed by atoms with Crippen LogP contribution in [0.2, 0.25) is 0 Å². The third kappa shape index (κ3) is 4.10. The molecular weight excluding hydrogens is 384 g/mol. The molecule has 4 heterocycles. The minimum atomic E-state index is -3.37. The highest BCUT2D eigenvalue weighted by molar-refractivity contribution is 7.91. The Kier molecular flexibility index (Phi) is 5.33. The number of hydrogen-bond acceptors (Lipinski definition) is 7. The van der Waals surface area contributed by atoms with Gasteiger partial charge in [-0.05, 0) is 48.8 Å². The second-order valence-corrected chi connectivity index (χ2v) is 9.71. The summed E-state index contributed by atoms with van der Waals surface area (Å²) in [5, 5.41) is 5.85. The van der Waals surface area contributed by atoms with Crippen LogP contribution >= 0.6 is 11.3 Å². The molecule has 1 aliphatic rings. The van der Waals surface area contributed by atoms with Gasteiger partial charge in [-0.1, -0.05) is 11.2 Å². The van der Waals surface area contributed by atoms with Crippen molar-refractivity contribution < 1.29 is 12.9 Å². The Morgan fingerprint density at radius 2 is 2.11 bits per heavy atom. The third-order valence-electron chi connectivity index (χ3n) is 4.74. The van der Waals surface area contributed by atoms with Gasteiger partial charge in [-0.25, -0.2) is 8.42 Å². The summed E-state index contributed by atoms with van der Waals surface area (Å²) in [6.45, 7) is 1.14. The van der Waals surface area contributed by atoms with Gasteiger partial charge in [0.05, 0.1) is 0 Å². The monoisotopic (exact) mass is 404 g/mol. The Morgan fingerprint density at radius 3 is 2.89 bits per heavy atom. The van der Waals surface area contributed by atoms with Crippen LogP contribution in [-0.2, 0) is 16.4 Å². The first-order valence-electron chi connectivity index (χ1n) is 8.89. The quantitative estimate of drug-likeness (QED) is 0.627. The number of sulfonamides is 1. The summed E-state index contributed by atoms with van der Waals surface area (Å²) in [5.74, 6) is 1.44. The molecule has 142 valence electrons. The summed E-state index contributed by atoms with van der Waals surface area (Å²) in [6, 6.07) is 7.09. The second-order valence-electron chi connectivity index (χ2n) is 6.59. The summed E-state index contributed by atoms with van der Waals surface area (Å²) < 4.78 is 32.8. The first-order valence-corrected chi connectivity index (χ1v) is 11.2. The number of aryl methyl sites for hydroxylation is 1. The zero-order chi connectivity index (χ0) is 18.7. The Balaban J connectivity index is 1.37. The van der Waals surface area contributed by atoms with E-state index < -0.39 is 10.0 Å². The molecule has 0 radical (unpaired) electrons. The first kappa shape index (κ1) is 18.3. The number of hydrogen-bond donors (Lipinski definition) is 0. The van der Waals surface area contributed by atoms with E-state index in [1.807, 2.05) is 12.1 Å². The van der Waals surface area contributed by atoms with Crippen molar-refractivity contribution in [2.24, 2.45) is 5.92 Å². The van der Waals surface area contributed by atoms with E-state index in [1.165, 1.54) is 11.3 Å². The van der Waals surface area contributed by atoms with Gasteiger partial charge in [0.2, 0.25) is 0 Å². The lowest BCUT2D eigenvalue weighted by molar-refractivity contribution is 0.255. The van der Waals surface area contributed by atoms with Gasteiger partial charge in [-0.3, -0.25) is 4.98 Å². The van der Waals surface area contributed by atoms with E-state index >= 15 is 0 Å². The molecule has 0 N–H and O–H groups in total. The highest BCUT2D eigenvalue weighted by Crippen LogP contribution is 2.28. The molecule has 1 fully saturated rings. The van der Waals surface area contributed by atoms with Crippen LogP contribution in [0, 0.1) is 5.92 Å². The maximum atomic E-state index is 12.7. The van der Waals surface area contributed by atoms with E-state index in [4.69, 9.17) is 4.52 Å². The van der Waals surface area contributed by atoms with Gasteiger partial charge >= 0.3 is 0 Å². The first-order chi connectivity index (χ1) is 13.1. The molecule has 1 saturated heterocycles. The Morgan fingerprint density at radius 1 is 1.26 bits per heavy atom. The molecular formula is C18H20N4O3S2. The van der Waals surface area contributed by atoms with Gasteiger partial charge in [0.15, 0.2) is 5.82 Å². The van der Waals surface area contributed by atoms with Gasteiger partial charge < -0.3 is 4.52 Å². The molecule has 3 aromatic rings. The fraction of sp³-hybridized carbons (Fsp3) is 0.389. The fourth-order valence-electron chi connectivity index (χ4n) is 3.32. The van der Waals surface area contributed by atoms with E-state index in [1.54, 1.807) is 34.2 Å². The molecule has 0 amide bonds. The van der Waals surface area contributed by atoms with Crippen molar-refractivity contribution >= 4 is 21.4 Å². The Bertz CT molecular complexity index is 971. The van der Waals surface area contributed by atoms with Gasteiger partial charge in [0.1, 0.15) is 4.21 Å². The number of nitrogens with zero attached hydrogens (tertiary/aromatic N) is 4. The largest absolute Gasteiger partial charge is 0.334 e. The minimum Gasteiger partial charge on any atom is -0.334 e. The number of piperidine rings is 1. The van der Waals surface area contributed by atoms with Crippen LogP contribution in [0.25, 0.3) is 11.5 Å². The minimum absolute atomic E-state index is 0.302. The van der Waals surface area contributed by atoms with Crippen molar-refractivity contribution in [1.29, 1.82) is 0 Å². The topological polar surface area (TPSA) is 89.2 Å². The van der Waals surface area contributed by atoms with Gasteiger partial charge in [-0.2, -0.15) is 9.29 Å². The number of pyridine rings is 1. The highest BCUT2D eigenvalue weighted by Gasteiger charge is 2.30. The van der Waals surface area contributed by atoms with Gasteiger partial charge in [-0.15, -0.1) is 11.3 Å². The lowest BCUT2D eigenvalue weighted by Gasteiger charge is -2.31. The summed E-state index contributed by atoms with van der Waals surface area (Å²) in [7, 11) is -3.37. The lowest BCUT2D eigenvalue weighted by atomic mass is 9.94. The van der Waals surface area contributed by atoms with E-state index in [2.05, 4.69) is 15.1 Å². The molecule has 9 heteroatoms. The van der Waals surface area contributed by atoms with Gasteiger partial charge in [0, 0.05) is 37.5 Å². The van der Waals surface area contributed by atoms with Crippen LogP contribution in [0.4, 0.5) is 0 Å². The summed E-state index contributed by atoms with van der Waals surface area (Å²) in [4.78, 5) is 8.42. The van der Waals surface area contributed by atoms with E-state index in [9.17, 15) is 8.42 Å². The van der Waals surface area contributed by atoms with E-state index in [0.29, 0.717) is 41.4 Å².